The lowest BCUT2D eigenvalue weighted by Gasteiger charge is -2.27. The largest absolute Gasteiger partial charge is 0.481 e. The van der Waals surface area contributed by atoms with Crippen LogP contribution in [0, 0.1) is 0 Å². The Bertz CT molecular complexity index is 683. The minimum Gasteiger partial charge on any atom is -0.481 e. The van der Waals surface area contributed by atoms with E-state index in [-0.39, 0.29) is 18.7 Å². The summed E-state index contributed by atoms with van der Waals surface area (Å²) in [4.78, 5) is 27.4. The quantitative estimate of drug-likeness (QED) is 0.809. The molecule has 1 aromatic heterocycles. The Kier molecular flexibility index (Phi) is 5.13. The molecule has 1 aromatic carbocycles. The lowest BCUT2D eigenvalue weighted by molar-refractivity contribution is -0.139. The van der Waals surface area contributed by atoms with Crippen LogP contribution in [0.5, 0.6) is 0 Å². The maximum absolute atomic E-state index is 12.3. The Labute approximate surface area is 133 Å². The van der Waals surface area contributed by atoms with Crippen molar-refractivity contribution in [2.75, 3.05) is 13.7 Å². The minimum absolute atomic E-state index is 0.0639. The van der Waals surface area contributed by atoms with E-state index < -0.39 is 17.4 Å². The number of carboxylic acid groups (broad SMARTS) is 1. The standard InChI is InChI=1S/C16H18N2O5/c1-16(10-22-2,8-13(19)20)18-14(21)12-9-23-15(17-12)11-6-4-3-5-7-11/h3-7,9H,8,10H2,1-2H3,(H,18,21)(H,19,20). The van der Waals surface area contributed by atoms with E-state index in [2.05, 4.69) is 10.3 Å². The Morgan fingerprint density at radius 3 is 2.65 bits per heavy atom. The highest BCUT2D eigenvalue weighted by atomic mass is 16.5. The topological polar surface area (TPSA) is 102 Å². The average molecular weight is 318 g/mol. The first-order chi connectivity index (χ1) is 10.9. The van der Waals surface area contributed by atoms with Gasteiger partial charge in [0.1, 0.15) is 6.26 Å². The molecule has 122 valence electrons. The average Bonchev–Trinajstić information content (AvgIpc) is 2.97. The predicted molar refractivity (Wildman–Crippen MR) is 81.9 cm³/mol. The number of nitrogens with zero attached hydrogens (tertiary/aromatic N) is 1. The molecule has 0 fully saturated rings. The molecule has 1 amide bonds. The smallest absolute Gasteiger partial charge is 0.305 e. The van der Waals surface area contributed by atoms with Crippen molar-refractivity contribution < 1.29 is 23.8 Å². The molecule has 7 nitrogen and oxygen atoms in total. The third kappa shape index (κ3) is 4.40. The zero-order chi connectivity index (χ0) is 16.9. The van der Waals surface area contributed by atoms with Gasteiger partial charge in [0.15, 0.2) is 5.69 Å². The zero-order valence-corrected chi connectivity index (χ0v) is 12.9. The van der Waals surface area contributed by atoms with Crippen LogP contribution in [0.1, 0.15) is 23.8 Å². The van der Waals surface area contributed by atoms with Gasteiger partial charge in [0.2, 0.25) is 5.89 Å². The van der Waals surface area contributed by atoms with E-state index in [0.717, 1.165) is 5.56 Å². The van der Waals surface area contributed by atoms with E-state index in [0.29, 0.717) is 5.89 Å². The van der Waals surface area contributed by atoms with E-state index in [4.69, 9.17) is 14.3 Å². The fourth-order valence-electron chi connectivity index (χ4n) is 2.21. The van der Waals surface area contributed by atoms with Crippen LogP contribution in [0.3, 0.4) is 0 Å². The van der Waals surface area contributed by atoms with Crippen LogP contribution in [-0.2, 0) is 9.53 Å². The van der Waals surface area contributed by atoms with Crippen LogP contribution in [0.4, 0.5) is 0 Å². The van der Waals surface area contributed by atoms with Crippen molar-refractivity contribution >= 4 is 11.9 Å². The molecule has 23 heavy (non-hydrogen) atoms. The number of aliphatic carboxylic acids is 1. The van der Waals surface area contributed by atoms with Crippen molar-refractivity contribution in [2.24, 2.45) is 0 Å². The number of rotatable bonds is 7. The first-order valence-corrected chi connectivity index (χ1v) is 6.98. The molecule has 0 aliphatic rings. The molecule has 1 atom stereocenters. The van der Waals surface area contributed by atoms with Crippen molar-refractivity contribution in [3.05, 3.63) is 42.3 Å². The number of benzene rings is 1. The van der Waals surface area contributed by atoms with Crippen LogP contribution in [-0.4, -0.2) is 41.2 Å². The van der Waals surface area contributed by atoms with Gasteiger partial charge in [-0.2, -0.15) is 0 Å². The summed E-state index contributed by atoms with van der Waals surface area (Å²) in [5.74, 6) is -1.23. The number of oxazole rings is 1. The summed E-state index contributed by atoms with van der Waals surface area (Å²) in [6, 6.07) is 9.16. The monoisotopic (exact) mass is 318 g/mol. The van der Waals surface area contributed by atoms with E-state index in [9.17, 15) is 9.59 Å². The van der Waals surface area contributed by atoms with Crippen molar-refractivity contribution in [1.82, 2.24) is 10.3 Å². The third-order valence-corrected chi connectivity index (χ3v) is 3.18. The van der Waals surface area contributed by atoms with E-state index >= 15 is 0 Å². The van der Waals surface area contributed by atoms with E-state index in [1.807, 2.05) is 30.3 Å². The first-order valence-electron chi connectivity index (χ1n) is 6.98. The second-order valence-electron chi connectivity index (χ2n) is 5.42. The molecule has 0 spiro atoms. The fourth-order valence-corrected chi connectivity index (χ4v) is 2.21. The molecule has 0 bridgehead atoms. The summed E-state index contributed by atoms with van der Waals surface area (Å²) in [6.45, 7) is 1.66. The van der Waals surface area contributed by atoms with Gasteiger partial charge in [0.25, 0.3) is 5.91 Å². The number of amides is 1. The summed E-state index contributed by atoms with van der Waals surface area (Å²) in [6.07, 6.45) is 0.974. The Balaban J connectivity index is 2.14. The van der Waals surface area contributed by atoms with Crippen LogP contribution in [0.25, 0.3) is 11.5 Å². The maximum Gasteiger partial charge on any atom is 0.305 e. The summed E-state index contributed by atoms with van der Waals surface area (Å²) >= 11 is 0. The number of carbonyl (C=O) groups excluding carboxylic acids is 1. The lowest BCUT2D eigenvalue weighted by atomic mass is 9.99. The van der Waals surface area contributed by atoms with Gasteiger partial charge in [-0.15, -0.1) is 0 Å². The Morgan fingerprint density at radius 1 is 1.35 bits per heavy atom. The molecule has 7 heteroatoms. The SMILES string of the molecule is COCC(C)(CC(=O)O)NC(=O)c1coc(-c2ccccc2)n1. The molecule has 0 radical (unpaired) electrons. The normalized spacial score (nSPS) is 13.3. The zero-order valence-electron chi connectivity index (χ0n) is 12.9. The number of aromatic nitrogens is 1. The number of hydrogen-bond acceptors (Lipinski definition) is 5. The maximum atomic E-state index is 12.3. The van der Waals surface area contributed by atoms with Crippen LogP contribution in [0.15, 0.2) is 41.0 Å². The Morgan fingerprint density at radius 2 is 2.04 bits per heavy atom. The lowest BCUT2D eigenvalue weighted by Crippen LogP contribution is -2.50. The van der Waals surface area contributed by atoms with Gasteiger partial charge in [0.05, 0.1) is 18.6 Å². The Hall–Kier alpha value is -2.67. The van der Waals surface area contributed by atoms with E-state index in [1.165, 1.54) is 13.4 Å². The number of nitrogens with one attached hydrogen (secondary N) is 1. The number of ether oxygens (including phenoxy) is 1. The van der Waals surface area contributed by atoms with Crippen molar-refractivity contribution in [2.45, 2.75) is 18.9 Å². The summed E-state index contributed by atoms with van der Waals surface area (Å²) in [5.41, 5.74) is -0.211. The number of carboxylic acids is 1. The molecule has 0 aliphatic carbocycles. The van der Waals surface area contributed by atoms with Crippen LogP contribution >= 0.6 is 0 Å². The molecule has 0 saturated carbocycles. The summed E-state index contributed by atoms with van der Waals surface area (Å²) < 4.78 is 10.3. The number of methoxy groups -OCH3 is 1. The molecule has 2 aromatic rings. The summed E-state index contributed by atoms with van der Waals surface area (Å²) in [7, 11) is 1.44. The van der Waals surface area contributed by atoms with Gasteiger partial charge in [0, 0.05) is 12.7 Å². The number of carbonyl (C=O) groups is 2. The van der Waals surface area contributed by atoms with Gasteiger partial charge in [-0.3, -0.25) is 9.59 Å². The molecular formula is C16H18N2O5. The first kappa shape index (κ1) is 16.7. The van der Waals surface area contributed by atoms with Gasteiger partial charge in [-0.05, 0) is 19.1 Å². The van der Waals surface area contributed by atoms with Gasteiger partial charge in [-0.25, -0.2) is 4.98 Å². The highest BCUT2D eigenvalue weighted by Crippen LogP contribution is 2.19. The van der Waals surface area contributed by atoms with E-state index in [1.54, 1.807) is 6.92 Å². The highest BCUT2D eigenvalue weighted by molar-refractivity contribution is 5.93. The molecule has 2 rings (SSSR count). The molecule has 1 unspecified atom stereocenters. The second kappa shape index (κ2) is 7.06. The van der Waals surface area contributed by atoms with Crippen molar-refractivity contribution in [3.63, 3.8) is 0 Å². The molecule has 0 saturated heterocycles. The molecule has 0 aliphatic heterocycles. The van der Waals surface area contributed by atoms with Crippen LogP contribution in [0.2, 0.25) is 0 Å². The van der Waals surface area contributed by atoms with Crippen molar-refractivity contribution in [1.29, 1.82) is 0 Å². The summed E-state index contributed by atoms with van der Waals surface area (Å²) in [5, 5.41) is 11.6. The molecule has 2 N–H and O–H groups in total. The molecular weight excluding hydrogens is 300 g/mol. The number of hydrogen-bond donors (Lipinski definition) is 2. The predicted octanol–water partition coefficient (Wildman–Crippen LogP) is 1.95. The second-order valence-corrected chi connectivity index (χ2v) is 5.42. The fraction of sp³-hybridized carbons (Fsp3) is 0.312. The van der Waals surface area contributed by atoms with Gasteiger partial charge in [-0.1, -0.05) is 18.2 Å². The van der Waals surface area contributed by atoms with Gasteiger partial charge < -0.3 is 19.6 Å². The van der Waals surface area contributed by atoms with Crippen molar-refractivity contribution in [3.8, 4) is 11.5 Å². The molecule has 1 heterocycles. The van der Waals surface area contributed by atoms with Crippen LogP contribution < -0.4 is 5.32 Å². The highest BCUT2D eigenvalue weighted by Gasteiger charge is 2.31. The minimum atomic E-state index is -1.04. The third-order valence-electron chi connectivity index (χ3n) is 3.18. The van der Waals surface area contributed by atoms with Gasteiger partial charge >= 0.3 is 5.97 Å².